The van der Waals surface area contributed by atoms with Crippen molar-refractivity contribution in [3.05, 3.63) is 30.5 Å². The van der Waals surface area contributed by atoms with Gasteiger partial charge in [0.25, 0.3) is 0 Å². The molecular weight excluding hydrogens is 250 g/mol. The molecule has 4 nitrogen and oxygen atoms in total. The fourth-order valence-corrected chi connectivity index (χ4v) is 2.95. The minimum Gasteiger partial charge on any atom is -0.394 e. The molecular formula is C16H25N3O. The molecule has 1 aromatic heterocycles. The lowest BCUT2D eigenvalue weighted by Gasteiger charge is -2.33. The molecule has 1 aromatic carbocycles. The van der Waals surface area contributed by atoms with Crippen molar-refractivity contribution < 1.29 is 5.11 Å². The lowest BCUT2D eigenvalue weighted by molar-refractivity contribution is 0.141. The van der Waals surface area contributed by atoms with Gasteiger partial charge in [0.1, 0.15) is 0 Å². The second-order valence-corrected chi connectivity index (χ2v) is 6.22. The Bertz CT molecular complexity index is 564. The number of nitrogens with one attached hydrogen (secondary N) is 1. The fourth-order valence-electron chi connectivity index (χ4n) is 2.95. The molecule has 2 unspecified atom stereocenters. The van der Waals surface area contributed by atoms with Crippen LogP contribution in [0.2, 0.25) is 0 Å². The highest BCUT2D eigenvalue weighted by molar-refractivity contribution is 5.78. The van der Waals surface area contributed by atoms with Gasteiger partial charge in [0.15, 0.2) is 0 Å². The molecule has 4 heteroatoms. The SMILES string of the molecule is CC(C)NC(C)(CO)CC(C)n1ncc2ccccc21. The first-order valence-corrected chi connectivity index (χ1v) is 7.26. The summed E-state index contributed by atoms with van der Waals surface area (Å²) in [6.07, 6.45) is 2.73. The van der Waals surface area contributed by atoms with E-state index < -0.39 is 0 Å². The van der Waals surface area contributed by atoms with Gasteiger partial charge in [0.05, 0.1) is 24.4 Å². The van der Waals surface area contributed by atoms with Gasteiger partial charge < -0.3 is 10.4 Å². The van der Waals surface area contributed by atoms with Crippen LogP contribution in [-0.4, -0.2) is 33.1 Å². The Morgan fingerprint density at radius 3 is 2.65 bits per heavy atom. The minimum absolute atomic E-state index is 0.120. The maximum Gasteiger partial charge on any atom is 0.0685 e. The van der Waals surface area contributed by atoms with E-state index in [0.717, 1.165) is 17.3 Å². The van der Waals surface area contributed by atoms with Gasteiger partial charge in [-0.25, -0.2) is 0 Å². The lowest BCUT2D eigenvalue weighted by Crippen LogP contribution is -2.50. The van der Waals surface area contributed by atoms with E-state index >= 15 is 0 Å². The van der Waals surface area contributed by atoms with Crippen molar-refractivity contribution in [2.24, 2.45) is 0 Å². The van der Waals surface area contributed by atoms with Crippen molar-refractivity contribution in [2.45, 2.75) is 51.7 Å². The van der Waals surface area contributed by atoms with Gasteiger partial charge in [-0.15, -0.1) is 0 Å². The van der Waals surface area contributed by atoms with Crippen LogP contribution in [0.15, 0.2) is 30.5 Å². The third-order valence-corrected chi connectivity index (χ3v) is 3.65. The van der Waals surface area contributed by atoms with Gasteiger partial charge >= 0.3 is 0 Å². The molecule has 0 aliphatic carbocycles. The quantitative estimate of drug-likeness (QED) is 0.852. The molecule has 20 heavy (non-hydrogen) atoms. The average Bonchev–Trinajstić information content (AvgIpc) is 2.81. The smallest absolute Gasteiger partial charge is 0.0685 e. The molecule has 0 aliphatic heterocycles. The van der Waals surface area contributed by atoms with E-state index in [1.807, 2.05) is 23.0 Å². The molecule has 0 amide bonds. The average molecular weight is 275 g/mol. The molecule has 1 heterocycles. The zero-order chi connectivity index (χ0) is 14.8. The maximum absolute atomic E-state index is 9.70. The van der Waals surface area contributed by atoms with E-state index in [1.165, 1.54) is 0 Å². The molecule has 2 rings (SSSR count). The van der Waals surface area contributed by atoms with Crippen LogP contribution in [-0.2, 0) is 0 Å². The summed E-state index contributed by atoms with van der Waals surface area (Å²) < 4.78 is 2.05. The molecule has 0 fully saturated rings. The molecule has 0 radical (unpaired) electrons. The minimum atomic E-state index is -0.291. The number of fused-ring (bicyclic) bond motifs is 1. The molecule has 0 bridgehead atoms. The van der Waals surface area contributed by atoms with Crippen LogP contribution in [0.25, 0.3) is 10.9 Å². The van der Waals surface area contributed by atoms with Crippen LogP contribution in [0.3, 0.4) is 0 Å². The number of nitrogens with zero attached hydrogens (tertiary/aromatic N) is 2. The molecule has 0 saturated carbocycles. The van der Waals surface area contributed by atoms with Crippen LogP contribution in [0, 0.1) is 0 Å². The van der Waals surface area contributed by atoms with Crippen LogP contribution in [0.4, 0.5) is 0 Å². The van der Waals surface area contributed by atoms with Crippen molar-refractivity contribution in [3.63, 3.8) is 0 Å². The van der Waals surface area contributed by atoms with Gasteiger partial charge in [-0.05, 0) is 26.3 Å². The first-order chi connectivity index (χ1) is 9.45. The summed E-state index contributed by atoms with van der Waals surface area (Å²) in [5.74, 6) is 0. The van der Waals surface area contributed by atoms with Gasteiger partial charge in [-0.3, -0.25) is 4.68 Å². The Kier molecular flexibility index (Phi) is 4.45. The number of hydrogen-bond donors (Lipinski definition) is 2. The molecule has 2 aromatic rings. The van der Waals surface area contributed by atoms with Gasteiger partial charge in [-0.2, -0.15) is 5.10 Å². The first-order valence-electron chi connectivity index (χ1n) is 7.26. The number of benzene rings is 1. The Morgan fingerprint density at radius 2 is 2.00 bits per heavy atom. The number of hydrogen-bond acceptors (Lipinski definition) is 3. The summed E-state index contributed by atoms with van der Waals surface area (Å²) in [6.45, 7) is 8.53. The predicted molar refractivity (Wildman–Crippen MR) is 82.8 cm³/mol. The molecule has 2 N–H and O–H groups in total. The van der Waals surface area contributed by atoms with Crippen LogP contribution < -0.4 is 5.32 Å². The highest BCUT2D eigenvalue weighted by Crippen LogP contribution is 2.24. The summed E-state index contributed by atoms with van der Waals surface area (Å²) in [5, 5.41) is 18.8. The van der Waals surface area contributed by atoms with E-state index in [1.54, 1.807) is 0 Å². The van der Waals surface area contributed by atoms with E-state index in [2.05, 4.69) is 50.2 Å². The second-order valence-electron chi connectivity index (χ2n) is 6.22. The van der Waals surface area contributed by atoms with Crippen molar-refractivity contribution in [1.82, 2.24) is 15.1 Å². The zero-order valence-corrected chi connectivity index (χ0v) is 12.8. The highest BCUT2D eigenvalue weighted by Gasteiger charge is 2.27. The summed E-state index contributed by atoms with van der Waals surface area (Å²) in [6, 6.07) is 8.78. The molecule has 2 atom stereocenters. The highest BCUT2D eigenvalue weighted by atomic mass is 16.3. The Morgan fingerprint density at radius 1 is 1.30 bits per heavy atom. The van der Waals surface area contributed by atoms with Gasteiger partial charge in [0.2, 0.25) is 0 Å². The van der Waals surface area contributed by atoms with E-state index in [4.69, 9.17) is 0 Å². The zero-order valence-electron chi connectivity index (χ0n) is 12.8. The summed E-state index contributed by atoms with van der Waals surface area (Å²) in [7, 11) is 0. The monoisotopic (exact) mass is 275 g/mol. The third kappa shape index (κ3) is 3.19. The predicted octanol–water partition coefficient (Wildman–Crippen LogP) is 2.74. The molecule has 0 aliphatic rings. The van der Waals surface area contributed by atoms with E-state index in [9.17, 15) is 5.11 Å². The van der Waals surface area contributed by atoms with Crippen LogP contribution in [0.5, 0.6) is 0 Å². The summed E-state index contributed by atoms with van der Waals surface area (Å²) in [4.78, 5) is 0. The number of para-hydroxylation sites is 1. The number of aliphatic hydroxyl groups is 1. The van der Waals surface area contributed by atoms with E-state index in [-0.39, 0.29) is 18.2 Å². The van der Waals surface area contributed by atoms with Crippen molar-refractivity contribution in [2.75, 3.05) is 6.61 Å². The number of aromatic nitrogens is 2. The van der Waals surface area contributed by atoms with Crippen molar-refractivity contribution >= 4 is 10.9 Å². The van der Waals surface area contributed by atoms with Gasteiger partial charge in [0, 0.05) is 17.0 Å². The molecule has 0 spiro atoms. The normalized spacial score (nSPS) is 16.5. The Labute approximate surface area is 120 Å². The van der Waals surface area contributed by atoms with Crippen LogP contribution >= 0.6 is 0 Å². The Balaban J connectivity index is 2.20. The van der Waals surface area contributed by atoms with Crippen molar-refractivity contribution in [1.29, 1.82) is 0 Å². The molecule has 110 valence electrons. The largest absolute Gasteiger partial charge is 0.394 e. The van der Waals surface area contributed by atoms with E-state index in [0.29, 0.717) is 6.04 Å². The second kappa shape index (κ2) is 5.94. The van der Waals surface area contributed by atoms with Crippen LogP contribution in [0.1, 0.15) is 40.2 Å². The number of rotatable bonds is 6. The van der Waals surface area contributed by atoms with Gasteiger partial charge in [-0.1, -0.05) is 32.0 Å². The topological polar surface area (TPSA) is 50.1 Å². The summed E-state index contributed by atoms with van der Waals surface area (Å²) in [5.41, 5.74) is 0.852. The third-order valence-electron chi connectivity index (χ3n) is 3.65. The first kappa shape index (κ1) is 15.0. The molecule has 0 saturated heterocycles. The number of aliphatic hydroxyl groups excluding tert-OH is 1. The maximum atomic E-state index is 9.70. The fraction of sp³-hybridized carbons (Fsp3) is 0.562. The van der Waals surface area contributed by atoms with Crippen molar-refractivity contribution in [3.8, 4) is 0 Å². The summed E-state index contributed by atoms with van der Waals surface area (Å²) >= 11 is 0. The standard InChI is InChI=1S/C16H25N3O/c1-12(2)18-16(4,11-20)9-13(3)19-15-8-6-5-7-14(15)10-17-19/h5-8,10,12-13,18,20H,9,11H2,1-4H3. The Hall–Kier alpha value is -1.39. The lowest BCUT2D eigenvalue weighted by atomic mass is 9.93.